The number of nitrogens with one attached hydrogen (secondary N) is 2. The number of carbonyl (C=O) groups excluding carboxylic acids is 1. The Kier molecular flexibility index (Phi) is 7.81. The van der Waals surface area contributed by atoms with Gasteiger partial charge in [-0.25, -0.2) is 0 Å². The average molecular weight is 307 g/mol. The van der Waals surface area contributed by atoms with Gasteiger partial charge in [-0.3, -0.25) is 9.79 Å². The van der Waals surface area contributed by atoms with Gasteiger partial charge in [-0.05, 0) is 30.5 Å². The summed E-state index contributed by atoms with van der Waals surface area (Å²) in [6.07, 6.45) is 1.17. The van der Waals surface area contributed by atoms with Gasteiger partial charge in [0.25, 0.3) is 0 Å². The van der Waals surface area contributed by atoms with Gasteiger partial charge in [0.1, 0.15) is 5.75 Å². The van der Waals surface area contributed by atoms with E-state index in [9.17, 15) is 4.79 Å². The molecule has 0 atom stereocenters. The monoisotopic (exact) mass is 307 g/mol. The van der Waals surface area contributed by atoms with Gasteiger partial charge >= 0.3 is 5.97 Å². The molecule has 0 aliphatic rings. The molecule has 0 bridgehead atoms. The zero-order valence-electron chi connectivity index (χ0n) is 13.7. The van der Waals surface area contributed by atoms with Crippen LogP contribution < -0.4 is 15.4 Å². The molecule has 0 radical (unpaired) electrons. The topological polar surface area (TPSA) is 72.0 Å². The SMILES string of the molecule is CN=C(NCCC(=O)OC)NCCc1ccc(C)c(OC)c1. The molecule has 1 aromatic rings. The molecule has 0 saturated heterocycles. The fourth-order valence-electron chi connectivity index (χ4n) is 1.95. The smallest absolute Gasteiger partial charge is 0.307 e. The third-order valence-electron chi connectivity index (χ3n) is 3.25. The molecule has 0 aliphatic heterocycles. The minimum Gasteiger partial charge on any atom is -0.496 e. The molecule has 22 heavy (non-hydrogen) atoms. The number of aliphatic imine (C=N–C) groups is 1. The number of rotatable bonds is 7. The summed E-state index contributed by atoms with van der Waals surface area (Å²) >= 11 is 0. The Hall–Kier alpha value is -2.24. The van der Waals surface area contributed by atoms with Crippen molar-refractivity contribution in [3.05, 3.63) is 29.3 Å². The number of esters is 1. The quantitative estimate of drug-likeness (QED) is 0.451. The van der Waals surface area contributed by atoms with Crippen LogP contribution in [0, 0.1) is 6.92 Å². The zero-order valence-corrected chi connectivity index (χ0v) is 13.7. The first-order chi connectivity index (χ1) is 10.6. The van der Waals surface area contributed by atoms with Gasteiger partial charge in [0.05, 0.1) is 20.6 Å². The molecule has 0 unspecified atom stereocenters. The van der Waals surface area contributed by atoms with Crippen LogP contribution in [-0.4, -0.2) is 46.3 Å². The van der Waals surface area contributed by atoms with Crippen LogP contribution in [0.15, 0.2) is 23.2 Å². The molecule has 1 aromatic carbocycles. The molecule has 0 aliphatic carbocycles. The molecule has 2 N–H and O–H groups in total. The van der Waals surface area contributed by atoms with E-state index in [4.69, 9.17) is 4.74 Å². The van der Waals surface area contributed by atoms with Crippen LogP contribution in [-0.2, 0) is 16.0 Å². The number of carbonyl (C=O) groups is 1. The van der Waals surface area contributed by atoms with Gasteiger partial charge in [0.2, 0.25) is 0 Å². The Labute approximate surface area is 131 Å². The molecular formula is C16H25N3O3. The second-order valence-corrected chi connectivity index (χ2v) is 4.81. The maximum atomic E-state index is 11.0. The summed E-state index contributed by atoms with van der Waals surface area (Å²) in [4.78, 5) is 15.1. The third-order valence-corrected chi connectivity index (χ3v) is 3.25. The lowest BCUT2D eigenvalue weighted by atomic mass is 10.1. The summed E-state index contributed by atoms with van der Waals surface area (Å²) in [6.45, 7) is 3.25. The molecule has 1 rings (SSSR count). The number of guanidine groups is 1. The van der Waals surface area contributed by atoms with Gasteiger partial charge in [0, 0.05) is 20.1 Å². The highest BCUT2D eigenvalue weighted by Crippen LogP contribution is 2.18. The van der Waals surface area contributed by atoms with Crippen LogP contribution in [0.1, 0.15) is 17.5 Å². The van der Waals surface area contributed by atoms with E-state index in [0.29, 0.717) is 18.9 Å². The number of hydrogen-bond acceptors (Lipinski definition) is 4. The number of nitrogens with zero attached hydrogens (tertiary/aromatic N) is 1. The highest BCUT2D eigenvalue weighted by molar-refractivity contribution is 5.80. The molecule has 0 spiro atoms. The molecule has 0 heterocycles. The molecule has 6 heteroatoms. The van der Waals surface area contributed by atoms with Crippen LogP contribution >= 0.6 is 0 Å². The van der Waals surface area contributed by atoms with Crippen molar-refractivity contribution in [2.24, 2.45) is 4.99 Å². The Bertz CT molecular complexity index is 515. The summed E-state index contributed by atoms with van der Waals surface area (Å²) in [6, 6.07) is 6.19. The van der Waals surface area contributed by atoms with E-state index in [1.54, 1.807) is 14.2 Å². The molecule has 0 aromatic heterocycles. The first-order valence-corrected chi connectivity index (χ1v) is 7.25. The normalized spacial score (nSPS) is 11.0. The van der Waals surface area contributed by atoms with Crippen LogP contribution in [0.25, 0.3) is 0 Å². The van der Waals surface area contributed by atoms with Crippen LogP contribution in [0.5, 0.6) is 5.75 Å². The number of benzene rings is 1. The maximum absolute atomic E-state index is 11.0. The maximum Gasteiger partial charge on any atom is 0.307 e. The summed E-state index contributed by atoms with van der Waals surface area (Å²) in [5.41, 5.74) is 2.32. The summed E-state index contributed by atoms with van der Waals surface area (Å²) < 4.78 is 9.91. The van der Waals surface area contributed by atoms with E-state index >= 15 is 0 Å². The van der Waals surface area contributed by atoms with E-state index in [2.05, 4.69) is 32.5 Å². The van der Waals surface area contributed by atoms with E-state index in [1.165, 1.54) is 12.7 Å². The van der Waals surface area contributed by atoms with Crippen molar-refractivity contribution in [2.75, 3.05) is 34.4 Å². The van der Waals surface area contributed by atoms with Gasteiger partial charge in [-0.1, -0.05) is 12.1 Å². The minimum absolute atomic E-state index is 0.241. The predicted octanol–water partition coefficient (Wildman–Crippen LogP) is 1.27. The first-order valence-electron chi connectivity index (χ1n) is 7.25. The van der Waals surface area contributed by atoms with Crippen LogP contribution in [0.4, 0.5) is 0 Å². The van der Waals surface area contributed by atoms with Crippen molar-refractivity contribution in [1.82, 2.24) is 10.6 Å². The number of ether oxygens (including phenoxy) is 2. The fourth-order valence-corrected chi connectivity index (χ4v) is 1.95. The number of aryl methyl sites for hydroxylation is 1. The van der Waals surface area contributed by atoms with E-state index in [1.807, 2.05) is 13.0 Å². The van der Waals surface area contributed by atoms with Crippen molar-refractivity contribution >= 4 is 11.9 Å². The Morgan fingerprint density at radius 1 is 1.23 bits per heavy atom. The van der Waals surface area contributed by atoms with Crippen LogP contribution in [0.3, 0.4) is 0 Å². The van der Waals surface area contributed by atoms with Gasteiger partial charge in [-0.15, -0.1) is 0 Å². The van der Waals surface area contributed by atoms with Gasteiger partial charge in [0.15, 0.2) is 5.96 Å². The lowest BCUT2D eigenvalue weighted by Gasteiger charge is -2.12. The Balaban J connectivity index is 2.36. The Morgan fingerprint density at radius 2 is 1.95 bits per heavy atom. The molecule has 122 valence electrons. The largest absolute Gasteiger partial charge is 0.496 e. The minimum atomic E-state index is -0.241. The van der Waals surface area contributed by atoms with Gasteiger partial charge in [-0.2, -0.15) is 0 Å². The van der Waals surface area contributed by atoms with Crippen molar-refractivity contribution in [1.29, 1.82) is 0 Å². The molecule has 0 saturated carbocycles. The second-order valence-electron chi connectivity index (χ2n) is 4.81. The van der Waals surface area contributed by atoms with E-state index in [0.717, 1.165) is 24.3 Å². The standard InChI is InChI=1S/C16H25N3O3/c1-12-5-6-13(11-14(12)21-3)7-9-18-16(17-2)19-10-8-15(20)22-4/h5-6,11H,7-10H2,1-4H3,(H2,17,18,19). The predicted molar refractivity (Wildman–Crippen MR) is 87.4 cm³/mol. The summed E-state index contributed by atoms with van der Waals surface area (Å²) in [5.74, 6) is 1.33. The highest BCUT2D eigenvalue weighted by Gasteiger charge is 2.03. The molecular weight excluding hydrogens is 282 g/mol. The lowest BCUT2D eigenvalue weighted by molar-refractivity contribution is -0.140. The first kappa shape index (κ1) is 17.8. The summed E-state index contributed by atoms with van der Waals surface area (Å²) in [7, 11) is 4.76. The number of hydrogen-bond donors (Lipinski definition) is 2. The van der Waals surface area contributed by atoms with Crippen molar-refractivity contribution in [2.45, 2.75) is 19.8 Å². The highest BCUT2D eigenvalue weighted by atomic mass is 16.5. The fraction of sp³-hybridized carbons (Fsp3) is 0.500. The average Bonchev–Trinajstić information content (AvgIpc) is 2.54. The zero-order chi connectivity index (χ0) is 16.4. The van der Waals surface area contributed by atoms with Crippen molar-refractivity contribution < 1.29 is 14.3 Å². The lowest BCUT2D eigenvalue weighted by Crippen LogP contribution is -2.39. The molecule has 0 amide bonds. The van der Waals surface area contributed by atoms with E-state index in [-0.39, 0.29) is 5.97 Å². The van der Waals surface area contributed by atoms with Gasteiger partial charge < -0.3 is 20.1 Å². The summed E-state index contributed by atoms with van der Waals surface area (Å²) in [5, 5.41) is 6.27. The van der Waals surface area contributed by atoms with Crippen molar-refractivity contribution in [3.8, 4) is 5.75 Å². The molecule has 6 nitrogen and oxygen atoms in total. The van der Waals surface area contributed by atoms with E-state index < -0.39 is 0 Å². The van der Waals surface area contributed by atoms with Crippen molar-refractivity contribution in [3.63, 3.8) is 0 Å². The molecule has 0 fully saturated rings. The third kappa shape index (κ3) is 6.03. The Morgan fingerprint density at radius 3 is 2.59 bits per heavy atom. The second kappa shape index (κ2) is 9.65. The number of methoxy groups -OCH3 is 2. The van der Waals surface area contributed by atoms with Crippen LogP contribution in [0.2, 0.25) is 0 Å².